The molecule has 0 radical (unpaired) electrons. The number of carbonyl (C=O) groups excluding carboxylic acids is 2. The van der Waals surface area contributed by atoms with E-state index in [4.69, 9.17) is 0 Å². The second-order valence-electron chi connectivity index (χ2n) is 6.97. The highest BCUT2D eigenvalue weighted by Gasteiger charge is 2.39. The van der Waals surface area contributed by atoms with E-state index in [1.54, 1.807) is 0 Å². The van der Waals surface area contributed by atoms with Crippen molar-refractivity contribution >= 4 is 11.9 Å². The number of carbonyl (C=O) groups is 2. The van der Waals surface area contributed by atoms with Crippen LogP contribution in [0.15, 0.2) is 0 Å². The molecule has 1 aliphatic heterocycles. The zero-order valence-electron chi connectivity index (χ0n) is 12.2. The Morgan fingerprint density at radius 2 is 2.00 bits per heavy atom. The molecule has 0 aromatic rings. The van der Waals surface area contributed by atoms with Gasteiger partial charge in [-0.15, -0.1) is 0 Å². The van der Waals surface area contributed by atoms with E-state index < -0.39 is 0 Å². The Kier molecular flexibility index (Phi) is 4.02. The summed E-state index contributed by atoms with van der Waals surface area (Å²) in [6.45, 7) is 8.29. The van der Waals surface area contributed by atoms with Gasteiger partial charge in [0.2, 0.25) is 5.91 Å². The highest BCUT2D eigenvalue weighted by atomic mass is 16.2. The van der Waals surface area contributed by atoms with Crippen LogP contribution in [0, 0.1) is 11.3 Å². The zero-order valence-corrected chi connectivity index (χ0v) is 12.2. The molecule has 5 heteroatoms. The maximum Gasteiger partial charge on any atom is 0.314 e. The van der Waals surface area contributed by atoms with Crippen molar-refractivity contribution in [3.05, 3.63) is 0 Å². The minimum atomic E-state index is -0.132. The Balaban J connectivity index is 1.65. The molecule has 0 aromatic carbocycles. The fourth-order valence-corrected chi connectivity index (χ4v) is 2.33. The minimum absolute atomic E-state index is 0.0867. The van der Waals surface area contributed by atoms with E-state index in [0.717, 1.165) is 19.4 Å². The molecule has 2 N–H and O–H groups in total. The number of urea groups is 1. The van der Waals surface area contributed by atoms with Gasteiger partial charge in [-0.2, -0.15) is 0 Å². The minimum Gasteiger partial charge on any atom is -0.339 e. The molecule has 1 atom stereocenters. The van der Waals surface area contributed by atoms with Crippen molar-refractivity contribution in [1.82, 2.24) is 15.5 Å². The van der Waals surface area contributed by atoms with Crippen molar-refractivity contribution in [3.8, 4) is 0 Å². The van der Waals surface area contributed by atoms with Gasteiger partial charge in [0.15, 0.2) is 0 Å². The second-order valence-corrected chi connectivity index (χ2v) is 6.97. The van der Waals surface area contributed by atoms with E-state index in [9.17, 15) is 9.59 Å². The van der Waals surface area contributed by atoms with Gasteiger partial charge >= 0.3 is 6.03 Å². The average molecular weight is 267 g/mol. The molecule has 19 heavy (non-hydrogen) atoms. The van der Waals surface area contributed by atoms with Crippen LogP contribution in [0.1, 0.15) is 40.0 Å². The molecule has 1 aliphatic carbocycles. The topological polar surface area (TPSA) is 61.4 Å². The van der Waals surface area contributed by atoms with Crippen LogP contribution < -0.4 is 10.6 Å². The number of amides is 3. The largest absolute Gasteiger partial charge is 0.339 e. The van der Waals surface area contributed by atoms with Crippen LogP contribution >= 0.6 is 0 Å². The molecule has 2 rings (SSSR count). The normalized spacial score (nSPS) is 23.6. The van der Waals surface area contributed by atoms with Crippen molar-refractivity contribution in [2.45, 2.75) is 46.1 Å². The highest BCUT2D eigenvalue weighted by Crippen LogP contribution is 2.32. The average Bonchev–Trinajstić information content (AvgIpc) is 3.07. The Hall–Kier alpha value is -1.26. The lowest BCUT2D eigenvalue weighted by Crippen LogP contribution is -2.42. The summed E-state index contributed by atoms with van der Waals surface area (Å²) < 4.78 is 0. The quantitative estimate of drug-likeness (QED) is 0.807. The van der Waals surface area contributed by atoms with E-state index >= 15 is 0 Å². The first-order chi connectivity index (χ1) is 8.85. The summed E-state index contributed by atoms with van der Waals surface area (Å²) in [7, 11) is 0. The molecule has 2 fully saturated rings. The summed E-state index contributed by atoms with van der Waals surface area (Å²) >= 11 is 0. The maximum atomic E-state index is 11.8. The van der Waals surface area contributed by atoms with Crippen LogP contribution in [0.3, 0.4) is 0 Å². The fraction of sp³-hybridized carbons (Fsp3) is 0.857. The third-order valence-electron chi connectivity index (χ3n) is 3.56. The monoisotopic (exact) mass is 267 g/mol. The van der Waals surface area contributed by atoms with Crippen LogP contribution in [0.2, 0.25) is 0 Å². The molecule has 3 amide bonds. The van der Waals surface area contributed by atoms with E-state index in [-0.39, 0.29) is 23.3 Å². The molecule has 1 unspecified atom stereocenters. The van der Waals surface area contributed by atoms with Gasteiger partial charge in [0.05, 0.1) is 0 Å². The Labute approximate surface area is 115 Å². The van der Waals surface area contributed by atoms with Crippen LogP contribution in [0.4, 0.5) is 4.79 Å². The SMILES string of the molecule is CC(C)(C)CNC(=O)NCC1CC(=O)N(C2CC2)C1. The fourth-order valence-electron chi connectivity index (χ4n) is 2.33. The lowest BCUT2D eigenvalue weighted by Gasteiger charge is -2.19. The molecule has 0 bridgehead atoms. The van der Waals surface area contributed by atoms with Crippen LogP contribution in [0.5, 0.6) is 0 Å². The first-order valence-corrected chi connectivity index (χ1v) is 7.16. The van der Waals surface area contributed by atoms with E-state index in [1.165, 1.54) is 0 Å². The van der Waals surface area contributed by atoms with Crippen LogP contribution in [0.25, 0.3) is 0 Å². The lowest BCUT2D eigenvalue weighted by molar-refractivity contribution is -0.128. The lowest BCUT2D eigenvalue weighted by atomic mass is 9.97. The number of hydrogen-bond acceptors (Lipinski definition) is 2. The smallest absolute Gasteiger partial charge is 0.314 e. The van der Waals surface area contributed by atoms with E-state index in [2.05, 4.69) is 31.4 Å². The molecule has 1 heterocycles. The zero-order chi connectivity index (χ0) is 14.0. The summed E-state index contributed by atoms with van der Waals surface area (Å²) in [6.07, 6.45) is 2.88. The Morgan fingerprint density at radius 3 is 2.58 bits per heavy atom. The molecule has 1 saturated heterocycles. The van der Waals surface area contributed by atoms with Gasteiger partial charge in [0.1, 0.15) is 0 Å². The van der Waals surface area contributed by atoms with Crippen molar-refractivity contribution in [3.63, 3.8) is 0 Å². The number of hydrogen-bond donors (Lipinski definition) is 2. The summed E-state index contributed by atoms with van der Waals surface area (Å²) in [4.78, 5) is 25.4. The summed E-state index contributed by atoms with van der Waals surface area (Å²) in [6, 6.07) is 0.361. The summed E-state index contributed by atoms with van der Waals surface area (Å²) in [5.41, 5.74) is 0.0867. The predicted molar refractivity (Wildman–Crippen MR) is 73.7 cm³/mol. The van der Waals surface area contributed by atoms with Crippen molar-refractivity contribution in [2.75, 3.05) is 19.6 Å². The summed E-state index contributed by atoms with van der Waals surface area (Å²) in [5.74, 6) is 0.526. The number of likely N-dealkylation sites (tertiary alicyclic amines) is 1. The van der Waals surface area contributed by atoms with E-state index in [1.807, 2.05) is 4.90 Å². The molecule has 108 valence electrons. The third kappa shape index (κ3) is 4.40. The number of nitrogens with zero attached hydrogens (tertiary/aromatic N) is 1. The predicted octanol–water partition coefficient (Wildman–Crippen LogP) is 1.34. The van der Waals surface area contributed by atoms with Crippen molar-refractivity contribution < 1.29 is 9.59 Å². The second kappa shape index (κ2) is 5.39. The Morgan fingerprint density at radius 1 is 1.32 bits per heavy atom. The van der Waals surface area contributed by atoms with Gasteiger partial charge in [0.25, 0.3) is 0 Å². The van der Waals surface area contributed by atoms with Crippen molar-refractivity contribution in [2.24, 2.45) is 11.3 Å². The van der Waals surface area contributed by atoms with Gasteiger partial charge < -0.3 is 15.5 Å². The van der Waals surface area contributed by atoms with Gasteiger partial charge in [-0.25, -0.2) is 4.79 Å². The Bertz CT molecular complexity index is 358. The van der Waals surface area contributed by atoms with Gasteiger partial charge in [-0.1, -0.05) is 20.8 Å². The number of nitrogens with one attached hydrogen (secondary N) is 2. The summed E-state index contributed by atoms with van der Waals surface area (Å²) in [5, 5.41) is 5.72. The first-order valence-electron chi connectivity index (χ1n) is 7.16. The standard InChI is InChI=1S/C14H25N3O2/c1-14(2,3)9-16-13(19)15-7-10-6-12(18)17(8-10)11-4-5-11/h10-11H,4-9H2,1-3H3,(H2,15,16,19). The van der Waals surface area contributed by atoms with Crippen LogP contribution in [-0.4, -0.2) is 42.5 Å². The molecule has 2 aliphatic rings. The van der Waals surface area contributed by atoms with Gasteiger partial charge in [0, 0.05) is 38.0 Å². The maximum absolute atomic E-state index is 11.8. The van der Waals surface area contributed by atoms with Gasteiger partial charge in [-0.05, 0) is 18.3 Å². The molecular weight excluding hydrogens is 242 g/mol. The van der Waals surface area contributed by atoms with Gasteiger partial charge in [-0.3, -0.25) is 4.79 Å². The van der Waals surface area contributed by atoms with Crippen molar-refractivity contribution in [1.29, 1.82) is 0 Å². The third-order valence-corrected chi connectivity index (χ3v) is 3.56. The number of rotatable bonds is 4. The molecule has 5 nitrogen and oxygen atoms in total. The molecular formula is C14H25N3O2. The molecule has 0 spiro atoms. The molecule has 1 saturated carbocycles. The van der Waals surface area contributed by atoms with Crippen LogP contribution in [-0.2, 0) is 4.79 Å². The highest BCUT2D eigenvalue weighted by molar-refractivity contribution is 5.79. The molecule has 0 aromatic heterocycles. The van der Waals surface area contributed by atoms with E-state index in [0.29, 0.717) is 25.6 Å². The first kappa shape index (κ1) is 14.2.